The predicted octanol–water partition coefficient (Wildman–Crippen LogP) is -1.46. The highest BCUT2D eigenvalue weighted by molar-refractivity contribution is 5.68. The lowest BCUT2D eigenvalue weighted by molar-refractivity contribution is -1.62. The third-order valence-electron chi connectivity index (χ3n) is 2.63. The molecule has 5 heteroatoms. The number of rotatable bonds is 11. The average molecular weight is 358 g/mol. The Balaban J connectivity index is 3.10. The zero-order valence-electron chi connectivity index (χ0n) is 10.6. The Morgan fingerprint density at radius 3 is 1.88 bits per heavy atom. The van der Waals surface area contributed by atoms with Crippen molar-refractivity contribution < 1.29 is 35.8 Å². The number of hydrogen-bond acceptors (Lipinski definition) is 4. The molecule has 0 heterocycles. The van der Waals surface area contributed by atoms with Gasteiger partial charge in [-0.05, 0) is 6.42 Å². The van der Waals surface area contributed by atoms with Gasteiger partial charge in [0, 0.05) is 0 Å². The lowest BCUT2D eigenvalue weighted by Gasteiger charge is -2.00. The SMILES string of the molecule is CCCCCCCCCCCC(=O)O[I+2]([O-])[O-]. The zero-order valence-corrected chi connectivity index (χ0v) is 12.7. The van der Waals surface area contributed by atoms with Crippen molar-refractivity contribution in [2.24, 2.45) is 0 Å². The molecule has 0 aromatic heterocycles. The van der Waals surface area contributed by atoms with Gasteiger partial charge < -0.3 is 6.87 Å². The van der Waals surface area contributed by atoms with Crippen LogP contribution in [0.5, 0.6) is 0 Å². The van der Waals surface area contributed by atoms with E-state index in [1.165, 1.54) is 38.5 Å². The summed E-state index contributed by atoms with van der Waals surface area (Å²) in [6.07, 6.45) is 10.8. The summed E-state index contributed by atoms with van der Waals surface area (Å²) >= 11 is -3.81. The summed E-state index contributed by atoms with van der Waals surface area (Å²) in [5.41, 5.74) is 0. The first-order chi connectivity index (χ1) is 8.16. The second-order valence-electron chi connectivity index (χ2n) is 4.22. The number of unbranched alkanes of at least 4 members (excludes halogenated alkanes) is 8. The highest BCUT2D eigenvalue weighted by atomic mass is 127. The van der Waals surface area contributed by atoms with Gasteiger partial charge in [-0.25, -0.2) is 4.79 Å². The van der Waals surface area contributed by atoms with E-state index in [0.717, 1.165) is 19.3 Å². The lowest BCUT2D eigenvalue weighted by Crippen LogP contribution is -3.99. The summed E-state index contributed by atoms with van der Waals surface area (Å²) in [5, 5.41) is 0. The maximum absolute atomic E-state index is 10.9. The Hall–Kier alpha value is 0.120. The third kappa shape index (κ3) is 14.1. The Labute approximate surface area is 113 Å². The van der Waals surface area contributed by atoms with Gasteiger partial charge in [0.25, 0.3) is 0 Å². The maximum atomic E-state index is 10.9. The summed E-state index contributed by atoms with van der Waals surface area (Å²) in [7, 11) is 0. The topological polar surface area (TPSA) is 72.4 Å². The highest BCUT2D eigenvalue weighted by Gasteiger charge is 2.19. The molecule has 0 aromatic rings. The van der Waals surface area contributed by atoms with Crippen molar-refractivity contribution in [3.8, 4) is 0 Å². The molecule has 17 heavy (non-hydrogen) atoms. The van der Waals surface area contributed by atoms with E-state index in [2.05, 4.69) is 9.99 Å². The molecule has 0 atom stereocenters. The van der Waals surface area contributed by atoms with Crippen molar-refractivity contribution in [3.63, 3.8) is 0 Å². The van der Waals surface area contributed by atoms with E-state index in [4.69, 9.17) is 0 Å². The summed E-state index contributed by atoms with van der Waals surface area (Å²) in [4.78, 5) is 10.9. The van der Waals surface area contributed by atoms with Crippen molar-refractivity contribution in [1.82, 2.24) is 0 Å². The maximum Gasteiger partial charge on any atom is 0.574 e. The molecule has 0 N–H and O–H groups in total. The van der Waals surface area contributed by atoms with Crippen LogP contribution in [0.3, 0.4) is 0 Å². The van der Waals surface area contributed by atoms with Gasteiger partial charge in [-0.15, -0.1) is 3.07 Å². The molecular formula is C12H23IO4. The summed E-state index contributed by atoms with van der Waals surface area (Å²) in [5.74, 6) is -0.594. The monoisotopic (exact) mass is 358 g/mol. The van der Waals surface area contributed by atoms with Crippen molar-refractivity contribution in [2.45, 2.75) is 71.1 Å². The summed E-state index contributed by atoms with van der Waals surface area (Å²) in [6.45, 7) is 2.21. The van der Waals surface area contributed by atoms with Gasteiger partial charge in [0.05, 0.1) is 6.42 Å². The van der Waals surface area contributed by atoms with Gasteiger partial charge in [-0.1, -0.05) is 58.3 Å². The first-order valence-electron chi connectivity index (χ1n) is 6.43. The number of carbonyl (C=O) groups is 1. The Bertz CT molecular complexity index is 185. The molecule has 0 saturated carbocycles. The lowest BCUT2D eigenvalue weighted by atomic mass is 10.1. The number of hydrogen-bond donors (Lipinski definition) is 0. The van der Waals surface area contributed by atoms with Crippen LogP contribution in [-0.4, -0.2) is 5.97 Å². The minimum absolute atomic E-state index is 0.230. The first kappa shape index (κ1) is 17.1. The summed E-state index contributed by atoms with van der Waals surface area (Å²) < 4.78 is 24.4. The molecule has 0 aliphatic heterocycles. The molecule has 0 unspecified atom stereocenters. The quantitative estimate of drug-likeness (QED) is 0.334. The molecule has 0 saturated heterocycles. The molecule has 0 bridgehead atoms. The number of halogens is 1. The van der Waals surface area contributed by atoms with Crippen LogP contribution < -0.4 is 27.9 Å². The van der Waals surface area contributed by atoms with E-state index in [9.17, 15) is 11.7 Å². The normalized spacial score (nSPS) is 10.8. The van der Waals surface area contributed by atoms with Gasteiger partial charge in [-0.3, -0.25) is 0 Å². The van der Waals surface area contributed by atoms with E-state index in [1.54, 1.807) is 0 Å². The molecule has 0 aliphatic rings. The van der Waals surface area contributed by atoms with E-state index in [0.29, 0.717) is 0 Å². The van der Waals surface area contributed by atoms with Crippen LogP contribution >= 0.6 is 0 Å². The molecule has 0 amide bonds. The van der Waals surface area contributed by atoms with E-state index in [-0.39, 0.29) is 6.42 Å². The fourth-order valence-electron chi connectivity index (χ4n) is 1.69. The second kappa shape index (κ2) is 12.6. The minimum atomic E-state index is -3.81. The first-order valence-corrected chi connectivity index (χ1v) is 9.07. The molecular weight excluding hydrogens is 335 g/mol. The Morgan fingerprint density at radius 2 is 1.41 bits per heavy atom. The molecule has 0 aliphatic carbocycles. The van der Waals surface area contributed by atoms with Gasteiger partial charge in [-0.2, -0.15) is 0 Å². The van der Waals surface area contributed by atoms with Crippen LogP contribution in [-0.2, 0) is 7.86 Å². The van der Waals surface area contributed by atoms with Gasteiger partial charge in [0.1, 0.15) is 0 Å². The highest BCUT2D eigenvalue weighted by Crippen LogP contribution is 2.10. The van der Waals surface area contributed by atoms with Crippen LogP contribution in [0.15, 0.2) is 0 Å². The zero-order chi connectivity index (χ0) is 12.9. The van der Waals surface area contributed by atoms with Gasteiger partial charge in [0.2, 0.25) is 0 Å². The second-order valence-corrected chi connectivity index (χ2v) is 5.74. The standard InChI is InChI=1S/C12H23IO4/c1-2-3-4-5-6-7-8-9-10-11-12(14)17-13(15)16/h2-11H2,1H3. The van der Waals surface area contributed by atoms with Crippen LogP contribution in [0.2, 0.25) is 0 Å². The Kier molecular flexibility index (Phi) is 12.7. The molecule has 0 rings (SSSR count). The van der Waals surface area contributed by atoms with Gasteiger partial charge in [0.15, 0.2) is 0 Å². The number of carbonyl (C=O) groups excluding carboxylic acids is 1. The Morgan fingerprint density at radius 1 is 0.941 bits per heavy atom. The van der Waals surface area contributed by atoms with Crippen LogP contribution in [0.4, 0.5) is 0 Å². The smallest absolute Gasteiger partial charge is 0.385 e. The van der Waals surface area contributed by atoms with Crippen molar-refractivity contribution in [2.75, 3.05) is 0 Å². The van der Waals surface area contributed by atoms with Crippen LogP contribution in [0.1, 0.15) is 71.1 Å². The fraction of sp³-hybridized carbons (Fsp3) is 0.917. The van der Waals surface area contributed by atoms with Crippen molar-refractivity contribution in [3.05, 3.63) is 0 Å². The van der Waals surface area contributed by atoms with Crippen molar-refractivity contribution in [1.29, 1.82) is 0 Å². The van der Waals surface area contributed by atoms with Crippen LogP contribution in [0, 0.1) is 0 Å². The fourth-order valence-corrected chi connectivity index (χ4v) is 2.31. The molecule has 0 radical (unpaired) electrons. The van der Waals surface area contributed by atoms with Crippen molar-refractivity contribution >= 4 is 5.97 Å². The van der Waals surface area contributed by atoms with Crippen LogP contribution in [0.25, 0.3) is 0 Å². The average Bonchev–Trinajstić information content (AvgIpc) is 2.26. The summed E-state index contributed by atoms with van der Waals surface area (Å²) in [6, 6.07) is 0. The van der Waals surface area contributed by atoms with Gasteiger partial charge >= 0.3 is 27.0 Å². The molecule has 0 aromatic carbocycles. The largest absolute Gasteiger partial charge is 0.574 e. The molecule has 0 fully saturated rings. The van der Waals surface area contributed by atoms with E-state index >= 15 is 0 Å². The van der Waals surface area contributed by atoms with E-state index < -0.39 is 27.0 Å². The van der Waals surface area contributed by atoms with E-state index in [1.807, 2.05) is 0 Å². The molecule has 102 valence electrons. The predicted molar refractivity (Wildman–Crippen MR) is 57.9 cm³/mol. The molecule has 4 nitrogen and oxygen atoms in total. The third-order valence-corrected chi connectivity index (χ3v) is 3.48. The minimum Gasteiger partial charge on any atom is -0.385 e. The molecule has 0 spiro atoms.